The lowest BCUT2D eigenvalue weighted by atomic mass is 9.96. The monoisotopic (exact) mass is 457 g/mol. The number of rotatable bonds is 3. The van der Waals surface area contributed by atoms with Crippen LogP contribution in [0.5, 0.6) is 0 Å². The van der Waals surface area contributed by atoms with Crippen molar-refractivity contribution < 1.29 is 9.28 Å². The maximum atomic E-state index is 13.5. The van der Waals surface area contributed by atoms with Crippen LogP contribution in [0.25, 0.3) is 0 Å². The van der Waals surface area contributed by atoms with E-state index in [4.69, 9.17) is 0 Å². The quantitative estimate of drug-likeness (QED) is 0.594. The number of fused-ring (bicyclic) bond motifs is 4. The average molecular weight is 458 g/mol. The third kappa shape index (κ3) is 3.59. The number of para-hydroxylation sites is 2. The highest BCUT2D eigenvalue weighted by atomic mass is 16.2. The Balaban J connectivity index is 1.18. The van der Waals surface area contributed by atoms with Crippen molar-refractivity contribution in [3.8, 4) is 0 Å². The number of carbonyl (C=O) groups excluding carboxylic acids is 1. The highest BCUT2D eigenvalue weighted by molar-refractivity contribution is 6.01. The second-order valence-electron chi connectivity index (χ2n) is 10.6. The molecular weight excluding hydrogens is 424 g/mol. The van der Waals surface area contributed by atoms with Crippen molar-refractivity contribution in [2.45, 2.75) is 63.2 Å². The number of anilines is 2. The van der Waals surface area contributed by atoms with Crippen LogP contribution in [0.1, 0.15) is 48.5 Å². The predicted octanol–water partition coefficient (Wildman–Crippen LogP) is 4.37. The molecule has 2 fully saturated rings. The van der Waals surface area contributed by atoms with Crippen LogP contribution in [-0.2, 0) is 19.4 Å². The summed E-state index contributed by atoms with van der Waals surface area (Å²) in [6.45, 7) is 0.362. The summed E-state index contributed by atoms with van der Waals surface area (Å²) < 4.78 is 3.19. The third-order valence-electron chi connectivity index (χ3n) is 8.49. The number of amides is 2. The summed E-state index contributed by atoms with van der Waals surface area (Å²) in [5, 5.41) is 12.0. The number of urea groups is 1. The number of carbonyl (C=O) groups is 1. The largest absolute Gasteiger partial charge is 0.332 e. The molecule has 3 atom stereocenters. The first kappa shape index (κ1) is 21.4. The molecule has 2 bridgehead atoms. The van der Waals surface area contributed by atoms with Gasteiger partial charge in [-0.05, 0) is 36.1 Å². The topological polar surface area (TPSA) is 63.1 Å². The normalized spacial score (nSPS) is 24.8. The molecule has 3 aliphatic heterocycles. The summed E-state index contributed by atoms with van der Waals surface area (Å²) in [6, 6.07) is 18.1. The van der Waals surface area contributed by atoms with Gasteiger partial charge < -0.3 is 9.80 Å². The molecule has 0 saturated carbocycles. The third-order valence-corrected chi connectivity index (χ3v) is 8.49. The first-order valence-corrected chi connectivity index (χ1v) is 12.5. The first-order valence-electron chi connectivity index (χ1n) is 12.5. The summed E-state index contributed by atoms with van der Waals surface area (Å²) in [4.78, 5) is 15.3. The molecule has 2 saturated heterocycles. The first-order chi connectivity index (χ1) is 16.5. The van der Waals surface area contributed by atoms with E-state index < -0.39 is 0 Å². The van der Waals surface area contributed by atoms with Gasteiger partial charge in [-0.1, -0.05) is 41.6 Å². The predicted molar refractivity (Wildman–Crippen MR) is 132 cm³/mol. The average Bonchev–Trinajstić information content (AvgIpc) is 3.26. The van der Waals surface area contributed by atoms with E-state index in [0.717, 1.165) is 47.2 Å². The van der Waals surface area contributed by atoms with E-state index >= 15 is 0 Å². The minimum atomic E-state index is -0.133. The fourth-order valence-corrected chi connectivity index (χ4v) is 6.38. The van der Waals surface area contributed by atoms with Gasteiger partial charge in [0, 0.05) is 25.7 Å². The number of aromatic nitrogens is 3. The highest BCUT2D eigenvalue weighted by Gasteiger charge is 2.49. The van der Waals surface area contributed by atoms with Crippen molar-refractivity contribution in [2.24, 2.45) is 0 Å². The number of hydrogen-bond acceptors (Lipinski definition) is 3. The fourth-order valence-electron chi connectivity index (χ4n) is 6.38. The number of hydrogen-bond donors (Lipinski definition) is 1. The van der Waals surface area contributed by atoms with Crippen molar-refractivity contribution in [1.82, 2.24) is 20.3 Å². The SMILES string of the molecule is C[N+]1(C)[C@@H]2CC[C@H]1CC(n1cc(CNC(=O)N3c4ccccc4CCc4ccccc43)nn1)C2. The molecule has 176 valence electrons. The van der Waals surface area contributed by atoms with Gasteiger partial charge >= 0.3 is 6.03 Å². The number of piperidine rings is 1. The number of nitrogens with one attached hydrogen (secondary N) is 1. The van der Waals surface area contributed by atoms with Gasteiger partial charge in [-0.15, -0.1) is 5.10 Å². The molecule has 34 heavy (non-hydrogen) atoms. The summed E-state index contributed by atoms with van der Waals surface area (Å²) in [7, 11) is 4.75. The molecule has 0 aliphatic carbocycles. The van der Waals surface area contributed by atoms with E-state index in [-0.39, 0.29) is 6.03 Å². The van der Waals surface area contributed by atoms with Gasteiger partial charge in [0.1, 0.15) is 5.69 Å². The highest BCUT2D eigenvalue weighted by Crippen LogP contribution is 2.43. The Morgan fingerprint density at radius 2 is 1.56 bits per heavy atom. The number of benzene rings is 2. The van der Waals surface area contributed by atoms with E-state index in [1.807, 2.05) is 52.2 Å². The molecule has 2 aromatic carbocycles. The number of nitrogens with zero attached hydrogens (tertiary/aromatic N) is 5. The smallest absolute Gasteiger partial charge is 0.326 e. The van der Waals surface area contributed by atoms with Gasteiger partial charge in [-0.2, -0.15) is 0 Å². The molecule has 2 amide bonds. The van der Waals surface area contributed by atoms with Gasteiger partial charge in [-0.3, -0.25) is 4.90 Å². The van der Waals surface area contributed by atoms with E-state index in [9.17, 15) is 4.79 Å². The molecule has 7 heteroatoms. The van der Waals surface area contributed by atoms with Crippen molar-refractivity contribution in [2.75, 3.05) is 19.0 Å². The standard InChI is InChI=1S/C27H32N6O/c1-33(2)23-13-14-24(33)16-22(15-23)31-18-21(29-30-31)17-28-27(34)32-25-9-5-3-7-19(25)11-12-20-8-4-6-10-26(20)32/h3-10,18,22-24H,11-17H2,1-2H3/p+1/t22?,23-,24+. The molecule has 1 unspecified atom stereocenters. The van der Waals surface area contributed by atoms with Gasteiger partial charge in [-0.25, -0.2) is 9.48 Å². The Hall–Kier alpha value is -3.19. The zero-order valence-electron chi connectivity index (χ0n) is 20.0. The van der Waals surface area contributed by atoms with E-state index in [1.54, 1.807) is 0 Å². The van der Waals surface area contributed by atoms with Crippen molar-refractivity contribution in [3.05, 3.63) is 71.5 Å². The van der Waals surface area contributed by atoms with Crippen molar-refractivity contribution in [1.29, 1.82) is 0 Å². The number of aryl methyl sites for hydroxylation is 2. The number of quaternary nitrogens is 1. The summed E-state index contributed by atoms with van der Waals surface area (Å²) in [5.41, 5.74) is 5.08. The minimum absolute atomic E-state index is 0.133. The lowest BCUT2D eigenvalue weighted by Gasteiger charge is -2.44. The van der Waals surface area contributed by atoms with E-state index in [2.05, 4.69) is 41.9 Å². The zero-order valence-corrected chi connectivity index (χ0v) is 20.0. The van der Waals surface area contributed by atoms with Crippen LogP contribution in [0, 0.1) is 0 Å². The molecule has 3 aliphatic rings. The van der Waals surface area contributed by atoms with E-state index in [0.29, 0.717) is 24.7 Å². The van der Waals surface area contributed by atoms with Crippen molar-refractivity contribution in [3.63, 3.8) is 0 Å². The second kappa shape index (κ2) is 8.24. The van der Waals surface area contributed by atoms with Gasteiger partial charge in [0.25, 0.3) is 0 Å². The lowest BCUT2D eigenvalue weighted by molar-refractivity contribution is -0.931. The van der Waals surface area contributed by atoms with Crippen LogP contribution in [-0.4, -0.2) is 51.7 Å². The lowest BCUT2D eigenvalue weighted by Crippen LogP contribution is -2.54. The second-order valence-corrected chi connectivity index (χ2v) is 10.6. The maximum Gasteiger partial charge on any atom is 0.326 e. The molecule has 4 heterocycles. The fraction of sp³-hybridized carbons (Fsp3) is 0.444. The van der Waals surface area contributed by atoms with Crippen LogP contribution in [0.3, 0.4) is 0 Å². The molecule has 1 N–H and O–H groups in total. The molecule has 7 nitrogen and oxygen atoms in total. The van der Waals surface area contributed by atoms with Crippen molar-refractivity contribution >= 4 is 17.4 Å². The molecular formula is C27H33N6O+. The van der Waals surface area contributed by atoms with Crippen LogP contribution in [0.4, 0.5) is 16.2 Å². The van der Waals surface area contributed by atoms with Gasteiger partial charge in [0.2, 0.25) is 0 Å². The zero-order chi connectivity index (χ0) is 23.3. The molecule has 3 aromatic rings. The minimum Gasteiger partial charge on any atom is -0.332 e. The van der Waals surface area contributed by atoms with E-state index in [1.165, 1.54) is 24.0 Å². The van der Waals surface area contributed by atoms with Crippen LogP contribution < -0.4 is 10.2 Å². The summed E-state index contributed by atoms with van der Waals surface area (Å²) >= 11 is 0. The Morgan fingerprint density at radius 3 is 2.18 bits per heavy atom. The molecule has 0 radical (unpaired) electrons. The van der Waals surface area contributed by atoms with Crippen LogP contribution in [0.2, 0.25) is 0 Å². The molecule has 6 rings (SSSR count). The Bertz CT molecular complexity index is 1150. The van der Waals surface area contributed by atoms with Crippen LogP contribution in [0.15, 0.2) is 54.7 Å². The molecule has 0 spiro atoms. The Kier molecular flexibility index (Phi) is 5.17. The summed E-state index contributed by atoms with van der Waals surface area (Å²) in [6.07, 6.45) is 8.80. The maximum absolute atomic E-state index is 13.5. The Morgan fingerprint density at radius 1 is 0.971 bits per heavy atom. The summed E-state index contributed by atoms with van der Waals surface area (Å²) in [5.74, 6) is 0. The van der Waals surface area contributed by atoms with Gasteiger partial charge in [0.15, 0.2) is 0 Å². The molecule has 1 aromatic heterocycles. The Labute approximate surface area is 201 Å². The van der Waals surface area contributed by atoms with Crippen LogP contribution >= 0.6 is 0 Å². The van der Waals surface area contributed by atoms with Gasteiger partial charge in [0.05, 0.1) is 56.3 Å².